The van der Waals surface area contributed by atoms with Crippen molar-refractivity contribution in [2.24, 2.45) is 17.8 Å². The predicted molar refractivity (Wildman–Crippen MR) is 135 cm³/mol. The van der Waals surface area contributed by atoms with Crippen LogP contribution in [0.5, 0.6) is 0 Å². The number of carbonyl (C=O) groups is 4. The van der Waals surface area contributed by atoms with Crippen molar-refractivity contribution in [2.45, 2.75) is 84.0 Å². The van der Waals surface area contributed by atoms with Gasteiger partial charge in [-0.15, -0.1) is 0 Å². The number of carboxylic acid groups (broad SMARTS) is 1. The molecule has 9 nitrogen and oxygen atoms in total. The number of amides is 2. The number of methoxy groups -OCH3 is 1. The van der Waals surface area contributed by atoms with Crippen LogP contribution in [0.3, 0.4) is 0 Å². The Hall–Kier alpha value is -2.62. The zero-order valence-electron chi connectivity index (χ0n) is 21.7. The van der Waals surface area contributed by atoms with Crippen LogP contribution < -0.4 is 5.32 Å². The monoisotopic (exact) mass is 507 g/mol. The zero-order chi connectivity index (χ0) is 27.3. The molecular weight excluding hydrogens is 466 g/mol. The Bertz CT molecular complexity index is 831. The number of piperidine rings is 1. The summed E-state index contributed by atoms with van der Waals surface area (Å²) in [5.74, 6) is -2.54. The summed E-state index contributed by atoms with van der Waals surface area (Å²) >= 11 is 0. The third-order valence-electron chi connectivity index (χ3n) is 6.48. The van der Waals surface area contributed by atoms with E-state index in [2.05, 4.69) is 5.32 Å². The summed E-state index contributed by atoms with van der Waals surface area (Å²) in [5.41, 5.74) is 0.578. The first kappa shape index (κ1) is 31.4. The molecule has 4 N–H and O–H groups in total. The highest BCUT2D eigenvalue weighted by atomic mass is 16.5. The maximum Gasteiger partial charge on any atom is 0.327 e. The average molecular weight is 508 g/mol. The summed E-state index contributed by atoms with van der Waals surface area (Å²) in [4.78, 5) is 46.0. The van der Waals surface area contributed by atoms with Gasteiger partial charge >= 0.3 is 5.97 Å². The Kier molecular flexibility index (Phi) is 14.1. The largest absolute Gasteiger partial charge is 0.478 e. The van der Waals surface area contributed by atoms with Crippen LogP contribution in [0.1, 0.15) is 65.7 Å². The molecule has 0 aromatic rings. The van der Waals surface area contributed by atoms with E-state index in [0.29, 0.717) is 50.5 Å². The lowest BCUT2D eigenvalue weighted by molar-refractivity contribution is -0.135. The molecule has 1 aliphatic heterocycles. The smallest absolute Gasteiger partial charge is 0.327 e. The first-order valence-electron chi connectivity index (χ1n) is 12.4. The molecule has 36 heavy (non-hydrogen) atoms. The summed E-state index contributed by atoms with van der Waals surface area (Å²) in [5, 5.41) is 32.4. The standard InChI is InChI=1S/C27H41NO8/c1-17(21(29)11-9-10-20-15-23(30)28-24(31)16-20)14-18(2)26(34)19(3)27(35)22(36-4)12-7-5-6-8-13-25(32)33/h7-8,12-14,17,19-20,22,26-27,34-35H,5-6,9-11,15-16H2,1-4H3,(H,32,33)(H,28,30,31)/b12-7+,13-8+,18-14+/t17-,19+,22+,26-,27+/m0/s1. The number of aliphatic carboxylic acids is 1. The molecule has 1 saturated heterocycles. The van der Waals surface area contributed by atoms with E-state index >= 15 is 0 Å². The van der Waals surface area contributed by atoms with Gasteiger partial charge in [0.1, 0.15) is 11.9 Å². The topological polar surface area (TPSA) is 150 Å². The van der Waals surface area contributed by atoms with Crippen LogP contribution in [-0.2, 0) is 23.9 Å². The highest BCUT2D eigenvalue weighted by Gasteiger charge is 2.30. The van der Waals surface area contributed by atoms with Crippen molar-refractivity contribution in [1.82, 2.24) is 5.32 Å². The molecule has 0 radical (unpaired) electrons. The first-order valence-corrected chi connectivity index (χ1v) is 12.4. The first-order chi connectivity index (χ1) is 17.0. The summed E-state index contributed by atoms with van der Waals surface area (Å²) in [7, 11) is 1.46. The second-order valence-corrected chi connectivity index (χ2v) is 9.54. The van der Waals surface area contributed by atoms with Gasteiger partial charge in [-0.1, -0.05) is 38.2 Å². The van der Waals surface area contributed by atoms with Crippen LogP contribution in [0.25, 0.3) is 0 Å². The Balaban J connectivity index is 2.57. The van der Waals surface area contributed by atoms with Gasteiger partial charge in [-0.2, -0.15) is 0 Å². The normalized spacial score (nSPS) is 19.8. The fourth-order valence-electron chi connectivity index (χ4n) is 4.28. The molecule has 0 aliphatic carbocycles. The number of hydrogen-bond acceptors (Lipinski definition) is 7. The van der Waals surface area contributed by atoms with E-state index in [4.69, 9.17) is 9.84 Å². The summed E-state index contributed by atoms with van der Waals surface area (Å²) in [6.45, 7) is 5.18. The van der Waals surface area contributed by atoms with Gasteiger partial charge in [0.05, 0.1) is 12.2 Å². The molecule has 1 aliphatic rings. The number of carboxylic acids is 1. The Labute approximate surface area is 213 Å². The number of Topliss-reactive ketones (excluding diaryl/α,β-unsaturated/α-hetero) is 1. The third kappa shape index (κ3) is 11.4. The molecule has 0 saturated carbocycles. The fourth-order valence-corrected chi connectivity index (χ4v) is 4.28. The summed E-state index contributed by atoms with van der Waals surface area (Å²) < 4.78 is 5.36. The highest BCUT2D eigenvalue weighted by Crippen LogP contribution is 2.23. The molecule has 0 spiro atoms. The lowest BCUT2D eigenvalue weighted by Crippen LogP contribution is -2.39. The number of ketones is 1. The van der Waals surface area contributed by atoms with E-state index in [9.17, 15) is 29.4 Å². The molecule has 202 valence electrons. The molecule has 9 heteroatoms. The van der Waals surface area contributed by atoms with Crippen molar-refractivity contribution < 1.29 is 39.2 Å². The Morgan fingerprint density at radius 3 is 2.31 bits per heavy atom. The lowest BCUT2D eigenvalue weighted by Gasteiger charge is -2.29. The van der Waals surface area contributed by atoms with Crippen molar-refractivity contribution in [3.63, 3.8) is 0 Å². The molecule has 0 bridgehead atoms. The molecule has 5 atom stereocenters. The van der Waals surface area contributed by atoms with Gasteiger partial charge in [-0.05, 0) is 44.1 Å². The van der Waals surface area contributed by atoms with E-state index in [0.717, 1.165) is 6.08 Å². The molecule has 0 aromatic heterocycles. The summed E-state index contributed by atoms with van der Waals surface area (Å²) in [6, 6.07) is 0. The number of aliphatic hydroxyl groups excluding tert-OH is 2. The van der Waals surface area contributed by atoms with E-state index in [-0.39, 0.29) is 23.5 Å². The lowest BCUT2D eigenvalue weighted by atomic mass is 9.87. The fraction of sp³-hybridized carbons (Fsp3) is 0.630. The van der Waals surface area contributed by atoms with Crippen LogP contribution in [-0.4, -0.2) is 64.3 Å². The molecule has 0 aromatic carbocycles. The van der Waals surface area contributed by atoms with Gasteiger partial charge in [-0.3, -0.25) is 19.7 Å². The van der Waals surface area contributed by atoms with Crippen LogP contribution in [0.15, 0.2) is 36.0 Å². The number of hydrogen-bond donors (Lipinski definition) is 4. The van der Waals surface area contributed by atoms with Crippen molar-refractivity contribution >= 4 is 23.6 Å². The van der Waals surface area contributed by atoms with E-state index < -0.39 is 36.1 Å². The van der Waals surface area contributed by atoms with Crippen molar-refractivity contribution in [2.75, 3.05) is 7.11 Å². The Morgan fingerprint density at radius 2 is 1.72 bits per heavy atom. The molecule has 1 heterocycles. The van der Waals surface area contributed by atoms with Crippen LogP contribution >= 0.6 is 0 Å². The summed E-state index contributed by atoms with van der Waals surface area (Å²) in [6.07, 6.45) is 8.46. The quantitative estimate of drug-likeness (QED) is 0.108. The van der Waals surface area contributed by atoms with Crippen molar-refractivity contribution in [1.29, 1.82) is 0 Å². The van der Waals surface area contributed by atoms with E-state index in [1.54, 1.807) is 45.1 Å². The van der Waals surface area contributed by atoms with E-state index in [1.807, 2.05) is 0 Å². The van der Waals surface area contributed by atoms with Gasteiger partial charge in [0.2, 0.25) is 11.8 Å². The second-order valence-electron chi connectivity index (χ2n) is 9.54. The minimum atomic E-state index is -1.00. The van der Waals surface area contributed by atoms with Gasteiger partial charge in [0.25, 0.3) is 0 Å². The maximum atomic E-state index is 12.6. The van der Waals surface area contributed by atoms with E-state index in [1.165, 1.54) is 7.11 Å². The van der Waals surface area contributed by atoms with Crippen molar-refractivity contribution in [3.8, 4) is 0 Å². The number of rotatable bonds is 16. The van der Waals surface area contributed by atoms with Crippen molar-refractivity contribution in [3.05, 3.63) is 36.0 Å². The minimum Gasteiger partial charge on any atom is -0.478 e. The number of ether oxygens (including phenoxy) is 1. The number of unbranched alkanes of at least 4 members (excludes halogenated alkanes) is 1. The number of nitrogens with one attached hydrogen (secondary N) is 1. The number of carbonyl (C=O) groups excluding carboxylic acids is 3. The molecule has 2 amide bonds. The van der Waals surface area contributed by atoms with Gasteiger partial charge in [-0.25, -0.2) is 4.79 Å². The predicted octanol–water partition coefficient (Wildman–Crippen LogP) is 2.71. The van der Waals surface area contributed by atoms with Gasteiger partial charge in [0, 0.05) is 44.3 Å². The number of allylic oxidation sites excluding steroid dienone is 3. The number of imide groups is 1. The Morgan fingerprint density at radius 1 is 1.11 bits per heavy atom. The molecule has 1 rings (SSSR count). The third-order valence-corrected chi connectivity index (χ3v) is 6.48. The van der Waals surface area contributed by atoms with Gasteiger partial charge < -0.3 is 20.1 Å². The molecular formula is C27H41NO8. The SMILES string of the molecule is CO[C@H](/C=C/CC/C=C/C(=O)O)[C@H](O)[C@H](C)[C@@H](O)/C(C)=C/[C@H](C)C(=O)CCCC1CC(=O)NC(=O)C1. The van der Waals surface area contributed by atoms with Crippen LogP contribution in [0.2, 0.25) is 0 Å². The van der Waals surface area contributed by atoms with Crippen LogP contribution in [0.4, 0.5) is 0 Å². The minimum absolute atomic E-state index is 0.0102. The molecule has 1 fully saturated rings. The highest BCUT2D eigenvalue weighted by molar-refractivity contribution is 5.97. The maximum absolute atomic E-state index is 12.6. The van der Waals surface area contributed by atoms with Crippen LogP contribution in [0, 0.1) is 17.8 Å². The number of aliphatic hydroxyl groups is 2. The average Bonchev–Trinajstić information content (AvgIpc) is 2.81. The second kappa shape index (κ2) is 16.2. The molecule has 0 unspecified atom stereocenters. The van der Waals surface area contributed by atoms with Gasteiger partial charge in [0.15, 0.2) is 0 Å². The zero-order valence-corrected chi connectivity index (χ0v) is 21.7.